The van der Waals surface area contributed by atoms with Crippen molar-refractivity contribution >= 4 is 38.9 Å². The van der Waals surface area contributed by atoms with Crippen LogP contribution in [0.15, 0.2) is 55.1 Å². The van der Waals surface area contributed by atoms with Crippen LogP contribution in [0.25, 0.3) is 0 Å². The van der Waals surface area contributed by atoms with Crippen LogP contribution in [0.5, 0.6) is 5.75 Å². The SMILES string of the molecule is C=CCNS(=O)(=O)Cc1ccc(NC(=O)CN2C(=O)COc3ccc([N+](=O)[O-])cc32)cc1. The summed E-state index contributed by atoms with van der Waals surface area (Å²) in [7, 11) is -3.51. The third kappa shape index (κ3) is 5.68. The van der Waals surface area contributed by atoms with Crippen LogP contribution in [0, 0.1) is 10.1 Å². The van der Waals surface area contributed by atoms with Crippen molar-refractivity contribution in [3.63, 3.8) is 0 Å². The number of carbonyl (C=O) groups excluding carboxylic acids is 2. The van der Waals surface area contributed by atoms with Crippen molar-refractivity contribution in [3.05, 3.63) is 70.8 Å². The maximum atomic E-state index is 12.5. The number of amides is 2. The number of anilines is 2. The molecule has 2 aromatic carbocycles. The Labute approximate surface area is 183 Å². The first-order chi connectivity index (χ1) is 15.2. The topological polar surface area (TPSA) is 148 Å². The van der Waals surface area contributed by atoms with Crippen molar-refractivity contribution in [2.24, 2.45) is 0 Å². The second-order valence-corrected chi connectivity index (χ2v) is 8.63. The number of benzene rings is 2. The molecule has 0 aromatic heterocycles. The molecule has 0 bridgehead atoms. The first-order valence-corrected chi connectivity index (χ1v) is 11.0. The van der Waals surface area contributed by atoms with Gasteiger partial charge in [-0.2, -0.15) is 0 Å². The van der Waals surface area contributed by atoms with Gasteiger partial charge in [-0.25, -0.2) is 13.1 Å². The number of nitro groups is 1. The fourth-order valence-electron chi connectivity index (χ4n) is 2.96. The van der Waals surface area contributed by atoms with Crippen molar-refractivity contribution < 1.29 is 27.7 Å². The van der Waals surface area contributed by atoms with Gasteiger partial charge in [0.25, 0.3) is 11.6 Å². The van der Waals surface area contributed by atoms with Gasteiger partial charge in [0.15, 0.2) is 6.61 Å². The average molecular weight is 460 g/mol. The first-order valence-electron chi connectivity index (χ1n) is 9.37. The minimum absolute atomic E-state index is 0.128. The Morgan fingerprint density at radius 3 is 2.62 bits per heavy atom. The lowest BCUT2D eigenvalue weighted by atomic mass is 10.2. The van der Waals surface area contributed by atoms with E-state index in [0.29, 0.717) is 11.3 Å². The van der Waals surface area contributed by atoms with E-state index in [4.69, 9.17) is 4.74 Å². The van der Waals surface area contributed by atoms with Crippen LogP contribution in [0.1, 0.15) is 5.56 Å². The Hall–Kier alpha value is -3.77. The molecule has 11 nitrogen and oxygen atoms in total. The van der Waals surface area contributed by atoms with Crippen LogP contribution >= 0.6 is 0 Å². The highest BCUT2D eigenvalue weighted by Gasteiger charge is 2.29. The number of nitrogens with zero attached hydrogens (tertiary/aromatic N) is 2. The van der Waals surface area contributed by atoms with Gasteiger partial charge in [0.2, 0.25) is 15.9 Å². The summed E-state index contributed by atoms with van der Waals surface area (Å²) in [5.41, 5.74) is 0.818. The third-order valence-corrected chi connectivity index (χ3v) is 5.76. The summed E-state index contributed by atoms with van der Waals surface area (Å²) in [6.07, 6.45) is 1.44. The molecule has 12 heteroatoms. The van der Waals surface area contributed by atoms with Crippen LogP contribution in [0.3, 0.4) is 0 Å². The number of nitro benzene ring substituents is 1. The zero-order valence-corrected chi connectivity index (χ0v) is 17.6. The molecule has 0 saturated carbocycles. The molecule has 0 fully saturated rings. The zero-order valence-electron chi connectivity index (χ0n) is 16.8. The molecule has 2 aromatic rings. The number of fused-ring (bicyclic) bond motifs is 1. The van der Waals surface area contributed by atoms with Crippen molar-refractivity contribution in [3.8, 4) is 5.75 Å². The molecule has 2 amide bonds. The highest BCUT2D eigenvalue weighted by Crippen LogP contribution is 2.35. The fourth-order valence-corrected chi connectivity index (χ4v) is 4.07. The normalized spacial score (nSPS) is 13.1. The van der Waals surface area contributed by atoms with E-state index in [-0.39, 0.29) is 42.6 Å². The van der Waals surface area contributed by atoms with E-state index in [1.54, 1.807) is 12.1 Å². The molecule has 0 unspecified atom stereocenters. The summed E-state index contributed by atoms with van der Waals surface area (Å²) in [5, 5.41) is 13.7. The van der Waals surface area contributed by atoms with Gasteiger partial charge in [0.05, 0.1) is 16.4 Å². The molecule has 0 saturated heterocycles. The lowest BCUT2D eigenvalue weighted by Gasteiger charge is -2.28. The highest BCUT2D eigenvalue weighted by molar-refractivity contribution is 7.88. The van der Waals surface area contributed by atoms with Crippen LogP contribution < -0.4 is 19.7 Å². The zero-order chi connectivity index (χ0) is 23.3. The number of nitrogens with one attached hydrogen (secondary N) is 2. The molecule has 2 N–H and O–H groups in total. The Bertz CT molecular complexity index is 1160. The van der Waals surface area contributed by atoms with Gasteiger partial charge in [-0.15, -0.1) is 6.58 Å². The van der Waals surface area contributed by atoms with Gasteiger partial charge >= 0.3 is 0 Å². The van der Waals surface area contributed by atoms with Crippen LogP contribution in [0.4, 0.5) is 17.1 Å². The number of ether oxygens (including phenoxy) is 1. The molecule has 0 radical (unpaired) electrons. The smallest absolute Gasteiger partial charge is 0.271 e. The molecule has 0 spiro atoms. The minimum atomic E-state index is -3.51. The predicted molar refractivity (Wildman–Crippen MR) is 117 cm³/mol. The molecule has 32 heavy (non-hydrogen) atoms. The summed E-state index contributed by atoms with van der Waals surface area (Å²) in [6, 6.07) is 9.99. The number of hydrogen-bond donors (Lipinski definition) is 2. The monoisotopic (exact) mass is 460 g/mol. The van der Waals surface area contributed by atoms with E-state index >= 15 is 0 Å². The van der Waals surface area contributed by atoms with E-state index in [0.717, 1.165) is 4.90 Å². The molecule has 1 aliphatic rings. The van der Waals surface area contributed by atoms with Gasteiger partial charge in [-0.05, 0) is 23.8 Å². The molecule has 0 atom stereocenters. The van der Waals surface area contributed by atoms with Crippen molar-refractivity contribution in [1.29, 1.82) is 0 Å². The Morgan fingerprint density at radius 2 is 1.97 bits per heavy atom. The maximum absolute atomic E-state index is 12.5. The van der Waals surface area contributed by atoms with E-state index in [1.807, 2.05) is 0 Å². The predicted octanol–water partition coefficient (Wildman–Crippen LogP) is 1.56. The molecule has 3 rings (SSSR count). The van der Waals surface area contributed by atoms with E-state index in [2.05, 4.69) is 16.6 Å². The van der Waals surface area contributed by atoms with E-state index in [9.17, 15) is 28.1 Å². The lowest BCUT2D eigenvalue weighted by molar-refractivity contribution is -0.384. The van der Waals surface area contributed by atoms with Crippen molar-refractivity contribution in [1.82, 2.24) is 4.72 Å². The first kappa shape index (κ1) is 22.9. The number of rotatable bonds is 9. The van der Waals surface area contributed by atoms with Crippen LogP contribution in [-0.4, -0.2) is 44.9 Å². The molecule has 0 aliphatic carbocycles. The van der Waals surface area contributed by atoms with Crippen molar-refractivity contribution in [2.45, 2.75) is 5.75 Å². The van der Waals surface area contributed by atoms with E-state index < -0.39 is 26.8 Å². The van der Waals surface area contributed by atoms with Gasteiger partial charge < -0.3 is 10.1 Å². The maximum Gasteiger partial charge on any atom is 0.271 e. The molecular weight excluding hydrogens is 440 g/mol. The van der Waals surface area contributed by atoms with E-state index in [1.165, 1.54) is 36.4 Å². The number of carbonyl (C=O) groups is 2. The Morgan fingerprint density at radius 1 is 1.25 bits per heavy atom. The summed E-state index contributed by atoms with van der Waals surface area (Å²) in [5.74, 6) is -1.02. The quantitative estimate of drug-likeness (QED) is 0.328. The van der Waals surface area contributed by atoms with Crippen LogP contribution in [-0.2, 0) is 25.4 Å². The van der Waals surface area contributed by atoms with Gasteiger partial charge in [0.1, 0.15) is 12.3 Å². The summed E-state index contributed by atoms with van der Waals surface area (Å²) < 4.78 is 31.5. The Kier molecular flexibility index (Phi) is 6.85. The van der Waals surface area contributed by atoms with Gasteiger partial charge in [-0.3, -0.25) is 24.6 Å². The van der Waals surface area contributed by atoms with Crippen LogP contribution in [0.2, 0.25) is 0 Å². The molecule has 168 valence electrons. The average Bonchev–Trinajstić information content (AvgIpc) is 2.75. The minimum Gasteiger partial charge on any atom is -0.482 e. The molecule has 1 aliphatic heterocycles. The molecular formula is C20H20N4O7S. The fraction of sp³-hybridized carbons (Fsp3) is 0.200. The van der Waals surface area contributed by atoms with Gasteiger partial charge in [0, 0.05) is 24.4 Å². The second kappa shape index (κ2) is 9.58. The highest BCUT2D eigenvalue weighted by atomic mass is 32.2. The summed E-state index contributed by atoms with van der Waals surface area (Å²) in [4.78, 5) is 36.3. The van der Waals surface area contributed by atoms with Crippen molar-refractivity contribution in [2.75, 3.05) is 29.9 Å². The number of sulfonamides is 1. The number of hydrogen-bond acceptors (Lipinski definition) is 7. The summed E-state index contributed by atoms with van der Waals surface area (Å²) in [6.45, 7) is 2.91. The lowest BCUT2D eigenvalue weighted by Crippen LogP contribution is -2.43. The second-order valence-electron chi connectivity index (χ2n) is 6.82. The molecule has 1 heterocycles. The summed E-state index contributed by atoms with van der Waals surface area (Å²) >= 11 is 0. The van der Waals surface area contributed by atoms with Gasteiger partial charge in [-0.1, -0.05) is 18.2 Å². The Balaban J connectivity index is 1.67. The standard InChI is InChI=1S/C20H20N4O7S/c1-2-9-21-32(29,30)13-14-3-5-15(6-4-14)22-19(25)11-23-17-10-16(24(27)28)7-8-18(17)31-12-20(23)26/h2-8,10,21H,1,9,11-13H2,(H,22,25). The number of non-ortho nitro benzene ring substituents is 1. The largest absolute Gasteiger partial charge is 0.482 e. The third-order valence-electron chi connectivity index (χ3n) is 4.44.